The summed E-state index contributed by atoms with van der Waals surface area (Å²) in [6.07, 6.45) is 0. The van der Waals surface area contributed by atoms with Gasteiger partial charge in [-0.25, -0.2) is 0 Å². The largest absolute Gasteiger partial charge is 0.493 e. The van der Waals surface area contributed by atoms with Crippen LogP contribution in [0.5, 0.6) is 11.5 Å². The van der Waals surface area contributed by atoms with Crippen molar-refractivity contribution >= 4 is 39.1 Å². The number of hydrogen-bond acceptors (Lipinski definition) is 3. The molecule has 0 radical (unpaired) electrons. The van der Waals surface area contributed by atoms with Crippen molar-refractivity contribution in [2.75, 3.05) is 14.2 Å². The summed E-state index contributed by atoms with van der Waals surface area (Å²) in [5.41, 5.74) is 0. The molecule has 3 heteroatoms. The summed E-state index contributed by atoms with van der Waals surface area (Å²) in [5.74, 6) is 1.58. The van der Waals surface area contributed by atoms with E-state index in [1.54, 1.807) is 14.2 Å². The Hall–Kier alpha value is -2.81. The Balaban J connectivity index is 0.000000693. The molecule has 0 fully saturated rings. The van der Waals surface area contributed by atoms with Gasteiger partial charge in [-0.1, -0.05) is 36.4 Å². The minimum atomic E-state index is 0.776. The van der Waals surface area contributed by atoms with Gasteiger partial charge in [-0.2, -0.15) is 0 Å². The molecule has 4 aromatic rings. The molecule has 4 aromatic carbocycles. The minimum absolute atomic E-state index is 0.776. The van der Waals surface area contributed by atoms with Crippen molar-refractivity contribution in [2.45, 2.75) is 0 Å². The average molecular weight is 292 g/mol. The van der Waals surface area contributed by atoms with Gasteiger partial charge in [-0.15, -0.1) is 0 Å². The molecule has 0 aliphatic carbocycles. The first-order valence-electron chi connectivity index (χ1n) is 6.91. The molecule has 0 amide bonds. The van der Waals surface area contributed by atoms with Crippen molar-refractivity contribution in [3.63, 3.8) is 0 Å². The second kappa shape index (κ2) is 5.53. The minimum Gasteiger partial charge on any atom is -0.493 e. The number of carbonyl (C=O) groups excluding carboxylic acids is 1. The predicted molar refractivity (Wildman–Crippen MR) is 90.4 cm³/mol. The van der Waals surface area contributed by atoms with Crippen LogP contribution in [0.2, 0.25) is 0 Å². The van der Waals surface area contributed by atoms with Crippen LogP contribution in [-0.4, -0.2) is 21.0 Å². The molecule has 0 saturated carbocycles. The quantitative estimate of drug-likeness (QED) is 0.513. The average Bonchev–Trinajstić information content (AvgIpc) is 2.60. The molecule has 110 valence electrons. The fourth-order valence-electron chi connectivity index (χ4n) is 3.12. The van der Waals surface area contributed by atoms with Crippen LogP contribution in [0, 0.1) is 0 Å². The molecule has 4 rings (SSSR count). The van der Waals surface area contributed by atoms with E-state index in [9.17, 15) is 0 Å². The van der Waals surface area contributed by atoms with Crippen molar-refractivity contribution in [1.29, 1.82) is 0 Å². The maximum atomic E-state index is 8.00. The molecular weight excluding hydrogens is 276 g/mol. The molecule has 22 heavy (non-hydrogen) atoms. The maximum Gasteiger partial charge on any atom is 0.168 e. The molecule has 0 atom stereocenters. The van der Waals surface area contributed by atoms with Crippen molar-refractivity contribution in [3.05, 3.63) is 48.5 Å². The van der Waals surface area contributed by atoms with Gasteiger partial charge < -0.3 is 14.3 Å². The van der Waals surface area contributed by atoms with E-state index in [-0.39, 0.29) is 0 Å². The van der Waals surface area contributed by atoms with Gasteiger partial charge in [0.2, 0.25) is 0 Å². The summed E-state index contributed by atoms with van der Waals surface area (Å²) in [6.45, 7) is 2.00. The first kappa shape index (κ1) is 14.1. The van der Waals surface area contributed by atoms with E-state index in [1.165, 1.54) is 26.9 Å². The number of hydrogen-bond donors (Lipinski definition) is 0. The number of rotatable bonds is 2. The van der Waals surface area contributed by atoms with Crippen LogP contribution in [-0.2, 0) is 4.79 Å². The second-order valence-corrected chi connectivity index (χ2v) is 4.97. The lowest BCUT2D eigenvalue weighted by Gasteiger charge is -2.15. The Morgan fingerprint density at radius 3 is 2.05 bits per heavy atom. The maximum absolute atomic E-state index is 8.00. The smallest absolute Gasteiger partial charge is 0.168 e. The first-order valence-corrected chi connectivity index (χ1v) is 6.91. The number of ether oxygens (including phenoxy) is 2. The highest BCUT2D eigenvalue weighted by Crippen LogP contribution is 2.43. The Morgan fingerprint density at radius 1 is 0.773 bits per heavy atom. The molecule has 0 spiro atoms. The van der Waals surface area contributed by atoms with Gasteiger partial charge in [0.25, 0.3) is 0 Å². The highest BCUT2D eigenvalue weighted by Gasteiger charge is 2.15. The van der Waals surface area contributed by atoms with Gasteiger partial charge in [0.15, 0.2) is 11.5 Å². The summed E-state index contributed by atoms with van der Waals surface area (Å²) in [7, 11) is 3.37. The lowest BCUT2D eigenvalue weighted by Crippen LogP contribution is -1.93. The third kappa shape index (κ3) is 1.86. The molecule has 0 aliphatic rings. The zero-order valence-corrected chi connectivity index (χ0v) is 12.6. The van der Waals surface area contributed by atoms with Crippen LogP contribution in [0.25, 0.3) is 32.3 Å². The summed E-state index contributed by atoms with van der Waals surface area (Å²) in [5, 5.41) is 7.34. The highest BCUT2D eigenvalue weighted by atomic mass is 16.5. The van der Waals surface area contributed by atoms with E-state index < -0.39 is 0 Å². The van der Waals surface area contributed by atoms with Crippen molar-refractivity contribution in [2.24, 2.45) is 0 Å². The fraction of sp³-hybridized carbons (Fsp3) is 0.105. The van der Waals surface area contributed by atoms with E-state index in [0.29, 0.717) is 0 Å². The third-order valence-electron chi connectivity index (χ3n) is 3.99. The molecule has 0 saturated heterocycles. The van der Waals surface area contributed by atoms with E-state index in [0.717, 1.165) is 16.9 Å². The van der Waals surface area contributed by atoms with Crippen LogP contribution in [0.1, 0.15) is 0 Å². The van der Waals surface area contributed by atoms with Crippen LogP contribution in [0.4, 0.5) is 0 Å². The van der Waals surface area contributed by atoms with Gasteiger partial charge >= 0.3 is 0 Å². The van der Waals surface area contributed by atoms with Crippen LogP contribution in [0.3, 0.4) is 0 Å². The summed E-state index contributed by atoms with van der Waals surface area (Å²) < 4.78 is 11.0. The molecule has 0 bridgehead atoms. The lowest BCUT2D eigenvalue weighted by atomic mass is 9.93. The van der Waals surface area contributed by atoms with Crippen molar-refractivity contribution in [3.8, 4) is 11.5 Å². The first-order chi connectivity index (χ1) is 10.8. The number of methoxy groups -OCH3 is 2. The lowest BCUT2D eigenvalue weighted by molar-refractivity contribution is -0.0979. The Kier molecular flexibility index (Phi) is 3.55. The SMILES string of the molecule is C=O.COc1cc2ccc3cccc4ccc(c1OC)c2c34. The zero-order valence-electron chi connectivity index (χ0n) is 12.6. The highest BCUT2D eigenvalue weighted by molar-refractivity contribution is 6.24. The van der Waals surface area contributed by atoms with Gasteiger partial charge in [-0.3, -0.25) is 0 Å². The van der Waals surface area contributed by atoms with Gasteiger partial charge in [0, 0.05) is 10.8 Å². The van der Waals surface area contributed by atoms with Gasteiger partial charge in [0.05, 0.1) is 14.2 Å². The molecule has 0 aromatic heterocycles. The number of benzene rings is 4. The van der Waals surface area contributed by atoms with Crippen molar-refractivity contribution < 1.29 is 14.3 Å². The Labute approximate surface area is 128 Å². The van der Waals surface area contributed by atoms with Gasteiger partial charge in [-0.05, 0) is 33.7 Å². The third-order valence-corrected chi connectivity index (χ3v) is 3.99. The van der Waals surface area contributed by atoms with Crippen molar-refractivity contribution in [1.82, 2.24) is 0 Å². The van der Waals surface area contributed by atoms with E-state index in [4.69, 9.17) is 14.3 Å². The second-order valence-electron chi connectivity index (χ2n) is 4.97. The summed E-state index contributed by atoms with van der Waals surface area (Å²) >= 11 is 0. The monoisotopic (exact) mass is 292 g/mol. The zero-order chi connectivity index (χ0) is 15.7. The Morgan fingerprint density at radius 2 is 1.41 bits per heavy atom. The summed E-state index contributed by atoms with van der Waals surface area (Å²) in [6, 6.07) is 17.0. The molecule has 0 unspecified atom stereocenters. The standard InChI is InChI=1S/C18H14O2.CH2O/c1-19-15-10-13-7-6-11-4-3-5-12-8-9-14(18(15)20-2)17(13)16(11)12;1-2/h3-10H,1-2H3;1H2. The van der Waals surface area contributed by atoms with Gasteiger partial charge in [0.1, 0.15) is 6.79 Å². The topological polar surface area (TPSA) is 35.5 Å². The Bertz CT molecular complexity index is 928. The molecule has 3 nitrogen and oxygen atoms in total. The van der Waals surface area contributed by atoms with Crippen LogP contribution < -0.4 is 9.47 Å². The predicted octanol–water partition coefficient (Wildman–Crippen LogP) is 4.42. The van der Waals surface area contributed by atoms with Crippen LogP contribution in [0.15, 0.2) is 48.5 Å². The van der Waals surface area contributed by atoms with E-state index in [1.807, 2.05) is 12.9 Å². The van der Waals surface area contributed by atoms with Crippen LogP contribution >= 0.6 is 0 Å². The van der Waals surface area contributed by atoms with E-state index >= 15 is 0 Å². The molecule has 0 N–H and O–H groups in total. The normalized spacial score (nSPS) is 10.6. The summed E-state index contributed by atoms with van der Waals surface area (Å²) in [4.78, 5) is 8.00. The molecule has 0 aliphatic heterocycles. The number of carbonyl (C=O) groups is 1. The molecular formula is C19H16O3. The van der Waals surface area contributed by atoms with E-state index in [2.05, 4.69) is 42.5 Å². The molecule has 0 heterocycles. The fourth-order valence-corrected chi connectivity index (χ4v) is 3.12.